The molecule has 0 aliphatic carbocycles. The van der Waals surface area contributed by atoms with Gasteiger partial charge in [0.05, 0.1) is 12.6 Å². The SMILES string of the molecule is C[C@H](O)[C@@H]1CCN(C(=O)NCc2c(F)cccc2OC(F)F)C1. The third-order valence-corrected chi connectivity index (χ3v) is 3.90. The molecular weight excluding hydrogens is 313 g/mol. The number of ether oxygens (including phenoxy) is 1. The average molecular weight is 332 g/mol. The predicted octanol–water partition coefficient (Wildman–Crippen LogP) is 2.34. The Balaban J connectivity index is 1.97. The lowest BCUT2D eigenvalue weighted by molar-refractivity contribution is -0.0506. The highest BCUT2D eigenvalue weighted by atomic mass is 19.3. The summed E-state index contributed by atoms with van der Waals surface area (Å²) in [6, 6.07) is 3.15. The number of carbonyl (C=O) groups is 1. The molecule has 1 aromatic carbocycles. The first-order valence-corrected chi connectivity index (χ1v) is 7.31. The molecular formula is C15H19F3N2O3. The second kappa shape index (κ2) is 7.54. The number of amides is 2. The Morgan fingerprint density at radius 2 is 2.26 bits per heavy atom. The van der Waals surface area contributed by atoms with Crippen molar-refractivity contribution in [2.45, 2.75) is 32.6 Å². The van der Waals surface area contributed by atoms with Gasteiger partial charge in [-0.15, -0.1) is 0 Å². The van der Waals surface area contributed by atoms with Crippen LogP contribution >= 0.6 is 0 Å². The molecule has 128 valence electrons. The standard InChI is InChI=1S/C15H19F3N2O3/c1-9(21)10-5-6-20(8-10)15(22)19-7-11-12(16)3-2-4-13(11)23-14(17)18/h2-4,9-10,14,21H,5-8H2,1H3,(H,19,22)/t9-,10+/m0/s1. The number of carbonyl (C=O) groups excluding carboxylic acids is 1. The Kier molecular flexibility index (Phi) is 5.70. The van der Waals surface area contributed by atoms with Gasteiger partial charge in [-0.3, -0.25) is 0 Å². The third-order valence-electron chi connectivity index (χ3n) is 3.90. The summed E-state index contributed by atoms with van der Waals surface area (Å²) >= 11 is 0. The molecule has 1 aliphatic heterocycles. The summed E-state index contributed by atoms with van der Waals surface area (Å²) in [5.74, 6) is -1.03. The number of likely N-dealkylation sites (tertiary alicyclic amines) is 1. The topological polar surface area (TPSA) is 61.8 Å². The number of benzene rings is 1. The molecule has 0 unspecified atom stereocenters. The van der Waals surface area contributed by atoms with E-state index in [0.29, 0.717) is 19.5 Å². The van der Waals surface area contributed by atoms with Gasteiger partial charge in [0.2, 0.25) is 0 Å². The number of aliphatic hydroxyl groups excluding tert-OH is 1. The van der Waals surface area contributed by atoms with Gasteiger partial charge in [-0.25, -0.2) is 9.18 Å². The van der Waals surface area contributed by atoms with Gasteiger partial charge >= 0.3 is 12.6 Å². The minimum Gasteiger partial charge on any atom is -0.434 e. The van der Waals surface area contributed by atoms with E-state index in [1.165, 1.54) is 17.0 Å². The average Bonchev–Trinajstić information content (AvgIpc) is 2.96. The molecule has 1 fully saturated rings. The minimum absolute atomic E-state index is 0.00643. The fourth-order valence-electron chi connectivity index (χ4n) is 2.56. The molecule has 8 heteroatoms. The van der Waals surface area contributed by atoms with Crippen LogP contribution < -0.4 is 10.1 Å². The molecule has 23 heavy (non-hydrogen) atoms. The molecule has 0 radical (unpaired) electrons. The molecule has 1 aliphatic rings. The minimum atomic E-state index is -3.07. The number of urea groups is 1. The van der Waals surface area contributed by atoms with Crippen molar-refractivity contribution in [1.82, 2.24) is 10.2 Å². The van der Waals surface area contributed by atoms with Crippen LogP contribution in [-0.4, -0.2) is 41.8 Å². The molecule has 5 nitrogen and oxygen atoms in total. The van der Waals surface area contributed by atoms with Crippen LogP contribution in [0.4, 0.5) is 18.0 Å². The van der Waals surface area contributed by atoms with Gasteiger partial charge in [0.15, 0.2) is 0 Å². The molecule has 0 spiro atoms. The summed E-state index contributed by atoms with van der Waals surface area (Å²) in [5, 5.41) is 12.0. The number of rotatable bonds is 5. The molecule has 2 rings (SSSR count). The first-order valence-electron chi connectivity index (χ1n) is 7.31. The first-order chi connectivity index (χ1) is 10.9. The van der Waals surface area contributed by atoms with Crippen LogP contribution in [0.2, 0.25) is 0 Å². The molecule has 0 bridgehead atoms. The van der Waals surface area contributed by atoms with E-state index in [4.69, 9.17) is 0 Å². The van der Waals surface area contributed by atoms with Crippen LogP contribution in [0.3, 0.4) is 0 Å². The Labute approximate surface area is 132 Å². The van der Waals surface area contributed by atoms with Gasteiger partial charge in [0.25, 0.3) is 0 Å². The van der Waals surface area contributed by atoms with E-state index in [-0.39, 0.29) is 23.8 Å². The number of hydrogen-bond acceptors (Lipinski definition) is 3. The Bertz CT molecular complexity index is 555. The van der Waals surface area contributed by atoms with E-state index in [1.807, 2.05) is 0 Å². The molecule has 1 saturated heterocycles. The van der Waals surface area contributed by atoms with Crippen LogP contribution in [0.15, 0.2) is 18.2 Å². The lowest BCUT2D eigenvalue weighted by atomic mass is 10.0. The second-order valence-electron chi connectivity index (χ2n) is 5.49. The maximum absolute atomic E-state index is 13.8. The largest absolute Gasteiger partial charge is 0.434 e. The number of halogens is 3. The Morgan fingerprint density at radius 1 is 1.52 bits per heavy atom. The van der Waals surface area contributed by atoms with Gasteiger partial charge in [-0.1, -0.05) is 6.07 Å². The smallest absolute Gasteiger partial charge is 0.387 e. The summed E-state index contributed by atoms with van der Waals surface area (Å²) < 4.78 is 42.7. The summed E-state index contributed by atoms with van der Waals surface area (Å²) in [6.45, 7) is -0.778. The van der Waals surface area contributed by atoms with Gasteiger partial charge in [-0.2, -0.15) is 8.78 Å². The van der Waals surface area contributed by atoms with E-state index >= 15 is 0 Å². The van der Waals surface area contributed by atoms with Crippen molar-refractivity contribution in [3.05, 3.63) is 29.6 Å². The lowest BCUT2D eigenvalue weighted by Gasteiger charge is -2.19. The van der Waals surface area contributed by atoms with Crippen LogP contribution in [0.5, 0.6) is 5.75 Å². The van der Waals surface area contributed by atoms with Crippen LogP contribution in [0, 0.1) is 11.7 Å². The summed E-state index contributed by atoms with van der Waals surface area (Å²) in [6.07, 6.45) is 0.176. The van der Waals surface area contributed by atoms with Crippen LogP contribution in [0.1, 0.15) is 18.9 Å². The molecule has 2 amide bonds. The summed E-state index contributed by atoms with van der Waals surface area (Å²) in [7, 11) is 0. The van der Waals surface area contributed by atoms with Gasteiger partial charge in [-0.05, 0) is 25.5 Å². The fraction of sp³-hybridized carbons (Fsp3) is 0.533. The zero-order chi connectivity index (χ0) is 17.0. The first kappa shape index (κ1) is 17.4. The summed E-state index contributed by atoms with van der Waals surface area (Å²) in [5.41, 5.74) is -0.132. The Hall–Kier alpha value is -1.96. The summed E-state index contributed by atoms with van der Waals surface area (Å²) in [4.78, 5) is 13.6. The van der Waals surface area contributed by atoms with Crippen molar-refractivity contribution in [2.24, 2.45) is 5.92 Å². The number of nitrogens with one attached hydrogen (secondary N) is 1. The van der Waals surface area contributed by atoms with Crippen LogP contribution in [-0.2, 0) is 6.54 Å². The zero-order valence-electron chi connectivity index (χ0n) is 12.6. The maximum Gasteiger partial charge on any atom is 0.387 e. The van der Waals surface area contributed by atoms with Crippen molar-refractivity contribution < 1.29 is 27.8 Å². The highest BCUT2D eigenvalue weighted by Crippen LogP contribution is 2.24. The molecule has 1 heterocycles. The van der Waals surface area contributed by atoms with E-state index in [9.17, 15) is 23.1 Å². The third kappa shape index (κ3) is 4.51. The normalized spacial score (nSPS) is 19.0. The number of hydrogen-bond donors (Lipinski definition) is 2. The monoisotopic (exact) mass is 332 g/mol. The Morgan fingerprint density at radius 3 is 2.87 bits per heavy atom. The number of aliphatic hydroxyl groups is 1. The maximum atomic E-state index is 13.8. The van der Waals surface area contributed by atoms with Gasteiger partial charge in [0, 0.05) is 24.6 Å². The van der Waals surface area contributed by atoms with Crippen LogP contribution in [0.25, 0.3) is 0 Å². The van der Waals surface area contributed by atoms with Gasteiger partial charge < -0.3 is 20.1 Å². The molecule has 0 aromatic heterocycles. The predicted molar refractivity (Wildman–Crippen MR) is 76.6 cm³/mol. The number of nitrogens with zero attached hydrogens (tertiary/aromatic N) is 1. The highest BCUT2D eigenvalue weighted by Gasteiger charge is 2.29. The molecule has 1 aromatic rings. The second-order valence-corrected chi connectivity index (χ2v) is 5.49. The van der Waals surface area contributed by atoms with Crippen molar-refractivity contribution >= 4 is 6.03 Å². The lowest BCUT2D eigenvalue weighted by Crippen LogP contribution is -2.39. The van der Waals surface area contributed by atoms with Crippen molar-refractivity contribution in [2.75, 3.05) is 13.1 Å². The molecule has 2 N–H and O–H groups in total. The van der Waals surface area contributed by atoms with Crippen molar-refractivity contribution in [3.8, 4) is 5.75 Å². The molecule has 0 saturated carbocycles. The number of alkyl halides is 2. The highest BCUT2D eigenvalue weighted by molar-refractivity contribution is 5.74. The molecule has 2 atom stereocenters. The van der Waals surface area contributed by atoms with E-state index in [0.717, 1.165) is 6.07 Å². The zero-order valence-corrected chi connectivity index (χ0v) is 12.6. The van der Waals surface area contributed by atoms with Crippen molar-refractivity contribution in [3.63, 3.8) is 0 Å². The van der Waals surface area contributed by atoms with Crippen molar-refractivity contribution in [1.29, 1.82) is 0 Å². The van der Waals surface area contributed by atoms with Gasteiger partial charge in [0.1, 0.15) is 11.6 Å². The van der Waals surface area contributed by atoms with E-state index in [2.05, 4.69) is 10.1 Å². The van der Waals surface area contributed by atoms with E-state index in [1.54, 1.807) is 6.92 Å². The quantitative estimate of drug-likeness (QED) is 0.870. The van der Waals surface area contributed by atoms with E-state index < -0.39 is 24.6 Å². The fourth-order valence-corrected chi connectivity index (χ4v) is 2.56.